The monoisotopic (exact) mass is 312 g/mol. The molecule has 1 aromatic rings. The van der Waals surface area contributed by atoms with Crippen LogP contribution in [0.3, 0.4) is 0 Å². The van der Waals surface area contributed by atoms with Gasteiger partial charge in [0.05, 0.1) is 12.7 Å². The molecule has 0 heterocycles. The average Bonchev–Trinajstić information content (AvgIpc) is 2.46. The molecule has 0 saturated heterocycles. The van der Waals surface area contributed by atoms with Crippen LogP contribution in [0, 0.1) is 5.92 Å². The maximum absolute atomic E-state index is 12.2. The zero-order chi connectivity index (χ0) is 14.5. The maximum Gasteiger partial charge on any atom is 0.337 e. The van der Waals surface area contributed by atoms with Crippen molar-refractivity contribution in [1.82, 2.24) is 0 Å². The molecule has 0 aromatic heterocycles. The highest BCUT2D eigenvalue weighted by Gasteiger charge is 2.25. The molecule has 2 atom stereocenters. The summed E-state index contributed by atoms with van der Waals surface area (Å²) in [6.07, 6.45) is 3.57. The fraction of sp³-hybridized carbons (Fsp3) is 0.467. The SMILES string of the molecule is COC(=O)c1cccc(NC(=O)C2CCCC(N)C2)c1.Cl. The van der Waals surface area contributed by atoms with Crippen LogP contribution in [0.5, 0.6) is 0 Å². The van der Waals surface area contributed by atoms with Gasteiger partial charge in [0.1, 0.15) is 0 Å². The topological polar surface area (TPSA) is 81.4 Å². The zero-order valence-electron chi connectivity index (χ0n) is 12.0. The third kappa shape index (κ3) is 4.72. The highest BCUT2D eigenvalue weighted by atomic mass is 35.5. The smallest absolute Gasteiger partial charge is 0.337 e. The molecular formula is C15H21ClN2O3. The molecule has 5 nitrogen and oxygen atoms in total. The zero-order valence-corrected chi connectivity index (χ0v) is 12.8. The Morgan fingerprint density at radius 1 is 1.33 bits per heavy atom. The highest BCUT2D eigenvalue weighted by Crippen LogP contribution is 2.24. The average molecular weight is 313 g/mol. The molecule has 1 saturated carbocycles. The van der Waals surface area contributed by atoms with E-state index in [-0.39, 0.29) is 30.3 Å². The number of hydrogen-bond acceptors (Lipinski definition) is 4. The molecule has 1 fully saturated rings. The molecule has 0 bridgehead atoms. The molecular weight excluding hydrogens is 292 g/mol. The van der Waals surface area contributed by atoms with Gasteiger partial charge in [-0.15, -0.1) is 12.4 Å². The Morgan fingerprint density at radius 3 is 2.76 bits per heavy atom. The summed E-state index contributed by atoms with van der Waals surface area (Å²) in [5.74, 6) is -0.483. The predicted molar refractivity (Wildman–Crippen MR) is 83.6 cm³/mol. The van der Waals surface area contributed by atoms with Crippen LogP contribution in [0.25, 0.3) is 0 Å². The van der Waals surface area contributed by atoms with Crippen LogP contribution >= 0.6 is 12.4 Å². The molecule has 1 aromatic carbocycles. The Bertz CT molecular complexity index is 507. The Labute approximate surface area is 130 Å². The normalized spacial score (nSPS) is 21.0. The van der Waals surface area contributed by atoms with E-state index in [0.717, 1.165) is 25.7 Å². The van der Waals surface area contributed by atoms with E-state index in [1.165, 1.54) is 7.11 Å². The Morgan fingerprint density at radius 2 is 2.10 bits per heavy atom. The second-order valence-electron chi connectivity index (χ2n) is 5.19. The Hall–Kier alpha value is -1.59. The number of esters is 1. The molecule has 2 unspecified atom stereocenters. The summed E-state index contributed by atoms with van der Waals surface area (Å²) in [7, 11) is 1.33. The first-order valence-corrected chi connectivity index (χ1v) is 6.85. The van der Waals surface area contributed by atoms with Crippen molar-refractivity contribution in [2.75, 3.05) is 12.4 Å². The number of carbonyl (C=O) groups is 2. The third-order valence-electron chi connectivity index (χ3n) is 3.64. The number of carbonyl (C=O) groups excluding carboxylic acids is 2. The number of benzene rings is 1. The van der Waals surface area contributed by atoms with Crippen LogP contribution in [0.4, 0.5) is 5.69 Å². The van der Waals surface area contributed by atoms with Gasteiger partial charge >= 0.3 is 5.97 Å². The lowest BCUT2D eigenvalue weighted by molar-refractivity contribution is -0.120. The molecule has 116 valence electrons. The first-order chi connectivity index (χ1) is 9.60. The molecule has 1 amide bonds. The van der Waals surface area contributed by atoms with Gasteiger partial charge in [0.25, 0.3) is 0 Å². The van der Waals surface area contributed by atoms with E-state index in [9.17, 15) is 9.59 Å². The van der Waals surface area contributed by atoms with Gasteiger partial charge in [0.15, 0.2) is 0 Å². The highest BCUT2D eigenvalue weighted by molar-refractivity contribution is 5.95. The second-order valence-corrected chi connectivity index (χ2v) is 5.19. The quantitative estimate of drug-likeness (QED) is 0.839. The minimum absolute atomic E-state index is 0. The van der Waals surface area contributed by atoms with E-state index < -0.39 is 5.97 Å². The molecule has 6 heteroatoms. The van der Waals surface area contributed by atoms with Crippen molar-refractivity contribution in [3.05, 3.63) is 29.8 Å². The number of amides is 1. The predicted octanol–water partition coefficient (Wildman–Crippen LogP) is 2.35. The van der Waals surface area contributed by atoms with Crippen molar-refractivity contribution in [1.29, 1.82) is 0 Å². The lowest BCUT2D eigenvalue weighted by Crippen LogP contribution is -2.34. The van der Waals surface area contributed by atoms with Gasteiger partial charge in [-0.25, -0.2) is 4.79 Å². The van der Waals surface area contributed by atoms with E-state index in [1.54, 1.807) is 24.3 Å². The van der Waals surface area contributed by atoms with Crippen LogP contribution in [-0.4, -0.2) is 25.0 Å². The van der Waals surface area contributed by atoms with Crippen LogP contribution < -0.4 is 11.1 Å². The van der Waals surface area contributed by atoms with E-state index >= 15 is 0 Å². The lowest BCUT2D eigenvalue weighted by atomic mass is 9.85. The summed E-state index contributed by atoms with van der Waals surface area (Å²) in [5.41, 5.74) is 6.93. The number of methoxy groups -OCH3 is 1. The van der Waals surface area contributed by atoms with E-state index in [4.69, 9.17) is 5.73 Å². The van der Waals surface area contributed by atoms with Gasteiger partial charge in [0, 0.05) is 17.6 Å². The van der Waals surface area contributed by atoms with Crippen molar-refractivity contribution in [2.45, 2.75) is 31.7 Å². The number of ether oxygens (including phenoxy) is 1. The molecule has 2 rings (SSSR count). The van der Waals surface area contributed by atoms with Gasteiger partial charge < -0.3 is 15.8 Å². The first kappa shape index (κ1) is 17.5. The number of halogens is 1. The van der Waals surface area contributed by atoms with Gasteiger partial charge in [-0.1, -0.05) is 12.5 Å². The van der Waals surface area contributed by atoms with Crippen LogP contribution in [0.2, 0.25) is 0 Å². The fourth-order valence-corrected chi connectivity index (χ4v) is 2.55. The van der Waals surface area contributed by atoms with Gasteiger partial charge in [-0.3, -0.25) is 4.79 Å². The summed E-state index contributed by atoms with van der Waals surface area (Å²) in [6.45, 7) is 0. The van der Waals surface area contributed by atoms with Crippen molar-refractivity contribution in [3.8, 4) is 0 Å². The molecule has 0 aliphatic heterocycles. The fourth-order valence-electron chi connectivity index (χ4n) is 2.55. The molecule has 0 radical (unpaired) electrons. The molecule has 1 aliphatic rings. The third-order valence-corrected chi connectivity index (χ3v) is 3.64. The van der Waals surface area contributed by atoms with E-state index in [1.807, 2.05) is 0 Å². The number of rotatable bonds is 3. The minimum Gasteiger partial charge on any atom is -0.465 e. The molecule has 0 spiro atoms. The van der Waals surface area contributed by atoms with Crippen molar-refractivity contribution < 1.29 is 14.3 Å². The number of nitrogens with one attached hydrogen (secondary N) is 1. The van der Waals surface area contributed by atoms with Gasteiger partial charge in [-0.05, 0) is 37.5 Å². The Balaban J connectivity index is 0.00000220. The summed E-state index contributed by atoms with van der Waals surface area (Å²) in [6, 6.07) is 6.85. The van der Waals surface area contributed by atoms with E-state index in [0.29, 0.717) is 11.3 Å². The number of nitrogens with two attached hydrogens (primary N) is 1. The summed E-state index contributed by atoms with van der Waals surface area (Å²) in [4.78, 5) is 23.6. The van der Waals surface area contributed by atoms with Crippen molar-refractivity contribution in [3.63, 3.8) is 0 Å². The number of anilines is 1. The van der Waals surface area contributed by atoms with Crippen molar-refractivity contribution >= 4 is 30.0 Å². The van der Waals surface area contributed by atoms with Gasteiger partial charge in [0.2, 0.25) is 5.91 Å². The van der Waals surface area contributed by atoms with Crippen LogP contribution in [0.15, 0.2) is 24.3 Å². The molecule has 1 aliphatic carbocycles. The van der Waals surface area contributed by atoms with E-state index in [2.05, 4.69) is 10.1 Å². The standard InChI is InChI=1S/C15H20N2O3.ClH/c1-20-15(19)11-5-3-7-13(9-11)17-14(18)10-4-2-6-12(16)8-10;/h3,5,7,9-10,12H,2,4,6,8,16H2,1H3,(H,17,18);1H. The summed E-state index contributed by atoms with van der Waals surface area (Å²) < 4.78 is 4.66. The lowest BCUT2D eigenvalue weighted by Gasteiger charge is -2.25. The van der Waals surface area contributed by atoms with Gasteiger partial charge in [-0.2, -0.15) is 0 Å². The Kier molecular flexibility index (Phi) is 6.65. The van der Waals surface area contributed by atoms with Crippen LogP contribution in [-0.2, 0) is 9.53 Å². The maximum atomic E-state index is 12.2. The minimum atomic E-state index is -0.416. The summed E-state index contributed by atoms with van der Waals surface area (Å²) >= 11 is 0. The largest absolute Gasteiger partial charge is 0.465 e. The second kappa shape index (κ2) is 8.00. The number of hydrogen-bond donors (Lipinski definition) is 2. The first-order valence-electron chi connectivity index (χ1n) is 6.85. The van der Waals surface area contributed by atoms with Crippen molar-refractivity contribution in [2.24, 2.45) is 11.7 Å². The van der Waals surface area contributed by atoms with Crippen LogP contribution in [0.1, 0.15) is 36.0 Å². The summed E-state index contributed by atoms with van der Waals surface area (Å²) in [5, 5.41) is 2.85. The molecule has 21 heavy (non-hydrogen) atoms. The molecule has 3 N–H and O–H groups in total.